The molecule has 1 aromatic heterocycles. The van der Waals surface area contributed by atoms with E-state index in [0.717, 1.165) is 18.8 Å². The van der Waals surface area contributed by atoms with Gasteiger partial charge in [-0.15, -0.1) is 0 Å². The molecule has 7 nitrogen and oxygen atoms in total. The molecule has 0 bridgehead atoms. The van der Waals surface area contributed by atoms with E-state index in [1.165, 1.54) is 0 Å². The van der Waals surface area contributed by atoms with E-state index in [0.29, 0.717) is 12.2 Å². The van der Waals surface area contributed by atoms with Crippen LogP contribution in [0.4, 0.5) is 5.69 Å². The van der Waals surface area contributed by atoms with Crippen LogP contribution in [-0.4, -0.2) is 65.3 Å². The van der Waals surface area contributed by atoms with Crippen LogP contribution in [-0.2, 0) is 9.53 Å². The van der Waals surface area contributed by atoms with Crippen molar-refractivity contribution in [2.24, 2.45) is 11.8 Å². The number of rotatable bonds is 3. The molecule has 0 spiro atoms. The van der Waals surface area contributed by atoms with E-state index in [9.17, 15) is 14.7 Å². The first-order valence-corrected chi connectivity index (χ1v) is 8.73. The van der Waals surface area contributed by atoms with Gasteiger partial charge in [-0.25, -0.2) is 0 Å². The lowest BCUT2D eigenvalue weighted by Crippen LogP contribution is -2.45. The van der Waals surface area contributed by atoms with Crippen molar-refractivity contribution >= 4 is 17.6 Å². The zero-order valence-electron chi connectivity index (χ0n) is 14.9. The molecule has 4 atom stereocenters. The summed E-state index contributed by atoms with van der Waals surface area (Å²) in [5, 5.41) is 9.25. The third-order valence-corrected chi connectivity index (χ3v) is 4.96. The lowest BCUT2D eigenvalue weighted by Gasteiger charge is -2.36. The topological polar surface area (TPSA) is 83.0 Å². The molecule has 0 aliphatic carbocycles. The minimum absolute atomic E-state index is 0.0504. The standard InChI is InChI=1S/C18H25N3O4/c1-11-7-21(10-15(11)18(23)24)17(22)16-6-14(4-5-19-16)20-8-12(2)25-13(3)9-20/h4-6,11-13,15H,7-10H2,1-3H3,(H,23,24)/t11-,12?,13?,15-/m1/s1. The number of pyridine rings is 1. The zero-order valence-corrected chi connectivity index (χ0v) is 14.9. The Morgan fingerprint density at radius 1 is 1.16 bits per heavy atom. The van der Waals surface area contributed by atoms with Gasteiger partial charge in [-0.1, -0.05) is 6.92 Å². The average Bonchev–Trinajstić information content (AvgIpc) is 2.95. The molecule has 136 valence electrons. The van der Waals surface area contributed by atoms with E-state index in [2.05, 4.69) is 9.88 Å². The van der Waals surface area contributed by atoms with Gasteiger partial charge in [0.1, 0.15) is 5.69 Å². The maximum atomic E-state index is 12.8. The Labute approximate surface area is 147 Å². The molecule has 3 rings (SSSR count). The highest BCUT2D eigenvalue weighted by molar-refractivity contribution is 5.94. The molecule has 2 aliphatic rings. The molecule has 2 unspecified atom stereocenters. The van der Waals surface area contributed by atoms with Gasteiger partial charge < -0.3 is 19.6 Å². The van der Waals surface area contributed by atoms with Crippen molar-refractivity contribution in [1.29, 1.82) is 0 Å². The second-order valence-corrected chi connectivity index (χ2v) is 7.19. The summed E-state index contributed by atoms with van der Waals surface area (Å²) < 4.78 is 5.75. The van der Waals surface area contributed by atoms with Gasteiger partial charge in [0.2, 0.25) is 0 Å². The number of likely N-dealkylation sites (tertiary alicyclic amines) is 1. The van der Waals surface area contributed by atoms with E-state index in [-0.39, 0.29) is 30.6 Å². The molecule has 1 N–H and O–H groups in total. The summed E-state index contributed by atoms with van der Waals surface area (Å²) in [6.45, 7) is 8.17. The van der Waals surface area contributed by atoms with E-state index < -0.39 is 11.9 Å². The second kappa shape index (κ2) is 7.00. The van der Waals surface area contributed by atoms with Crippen LogP contribution in [0.5, 0.6) is 0 Å². The van der Waals surface area contributed by atoms with Gasteiger partial charge in [0.25, 0.3) is 5.91 Å². The van der Waals surface area contributed by atoms with Crippen molar-refractivity contribution in [3.05, 3.63) is 24.0 Å². The third-order valence-electron chi connectivity index (χ3n) is 4.96. The van der Waals surface area contributed by atoms with Crippen molar-refractivity contribution in [2.75, 3.05) is 31.1 Å². The minimum atomic E-state index is -0.846. The number of carbonyl (C=O) groups is 2. The maximum Gasteiger partial charge on any atom is 0.308 e. The molecule has 0 saturated carbocycles. The molecule has 0 aromatic carbocycles. The molecule has 1 amide bonds. The number of carbonyl (C=O) groups excluding carboxylic acids is 1. The largest absolute Gasteiger partial charge is 0.481 e. The van der Waals surface area contributed by atoms with Crippen LogP contribution < -0.4 is 4.90 Å². The number of aliphatic carboxylic acids is 1. The summed E-state index contributed by atoms with van der Waals surface area (Å²) >= 11 is 0. The van der Waals surface area contributed by atoms with Crippen LogP contribution in [0.25, 0.3) is 0 Å². The molecule has 7 heteroatoms. The van der Waals surface area contributed by atoms with E-state index in [1.807, 2.05) is 26.8 Å². The first-order valence-electron chi connectivity index (χ1n) is 8.73. The lowest BCUT2D eigenvalue weighted by atomic mass is 9.99. The van der Waals surface area contributed by atoms with E-state index >= 15 is 0 Å². The number of amides is 1. The molecule has 2 aliphatic heterocycles. The van der Waals surface area contributed by atoms with Gasteiger partial charge in [0.05, 0.1) is 18.1 Å². The Morgan fingerprint density at radius 3 is 2.44 bits per heavy atom. The fourth-order valence-electron chi connectivity index (χ4n) is 3.74. The summed E-state index contributed by atoms with van der Waals surface area (Å²) in [4.78, 5) is 32.0. The number of nitrogens with zero attached hydrogens (tertiary/aromatic N) is 3. The Morgan fingerprint density at radius 2 is 1.84 bits per heavy atom. The van der Waals surface area contributed by atoms with Crippen molar-refractivity contribution in [3.63, 3.8) is 0 Å². The van der Waals surface area contributed by atoms with Crippen LogP contribution in [0.1, 0.15) is 31.3 Å². The number of carboxylic acids is 1. The smallest absolute Gasteiger partial charge is 0.308 e. The van der Waals surface area contributed by atoms with Gasteiger partial charge >= 0.3 is 5.97 Å². The molecule has 2 saturated heterocycles. The predicted molar refractivity (Wildman–Crippen MR) is 92.7 cm³/mol. The van der Waals surface area contributed by atoms with Crippen LogP contribution >= 0.6 is 0 Å². The Bertz CT molecular complexity index is 655. The highest BCUT2D eigenvalue weighted by atomic mass is 16.5. The third kappa shape index (κ3) is 3.76. The fourth-order valence-corrected chi connectivity index (χ4v) is 3.74. The maximum absolute atomic E-state index is 12.8. The van der Waals surface area contributed by atoms with Crippen LogP contribution in [0.2, 0.25) is 0 Å². The van der Waals surface area contributed by atoms with Gasteiger partial charge in [-0.3, -0.25) is 14.6 Å². The molecule has 3 heterocycles. The normalized spacial score (nSPS) is 29.7. The van der Waals surface area contributed by atoms with Gasteiger partial charge in [0, 0.05) is 38.1 Å². The number of aromatic nitrogens is 1. The summed E-state index contributed by atoms with van der Waals surface area (Å²) in [6, 6.07) is 3.69. The monoisotopic (exact) mass is 347 g/mol. The number of hydrogen-bond donors (Lipinski definition) is 1. The van der Waals surface area contributed by atoms with Gasteiger partial charge in [-0.2, -0.15) is 0 Å². The summed E-state index contributed by atoms with van der Waals surface area (Å²) in [6.07, 6.45) is 1.90. The molecule has 1 aromatic rings. The molecular weight excluding hydrogens is 322 g/mol. The number of morpholine rings is 1. The van der Waals surface area contributed by atoms with Crippen LogP contribution in [0.3, 0.4) is 0 Å². The zero-order chi connectivity index (χ0) is 18.1. The molecule has 0 radical (unpaired) electrons. The molecule has 2 fully saturated rings. The van der Waals surface area contributed by atoms with Crippen LogP contribution in [0, 0.1) is 11.8 Å². The molecule has 25 heavy (non-hydrogen) atoms. The van der Waals surface area contributed by atoms with Crippen molar-refractivity contribution in [1.82, 2.24) is 9.88 Å². The van der Waals surface area contributed by atoms with Crippen molar-refractivity contribution in [3.8, 4) is 0 Å². The first-order chi connectivity index (χ1) is 11.8. The summed E-state index contributed by atoms with van der Waals surface area (Å²) in [5.74, 6) is -1.61. The number of anilines is 1. The minimum Gasteiger partial charge on any atom is -0.481 e. The number of ether oxygens (including phenoxy) is 1. The highest BCUT2D eigenvalue weighted by Gasteiger charge is 2.37. The summed E-state index contributed by atoms with van der Waals surface area (Å²) in [5.41, 5.74) is 1.31. The quantitative estimate of drug-likeness (QED) is 0.892. The van der Waals surface area contributed by atoms with Crippen LogP contribution in [0.15, 0.2) is 18.3 Å². The SMILES string of the molecule is CC1CN(c2ccnc(C(=O)N3C[C@@H](C)[C@H](C(=O)O)C3)c2)CC(C)O1. The Kier molecular flexibility index (Phi) is 4.94. The van der Waals surface area contributed by atoms with E-state index in [1.54, 1.807) is 17.2 Å². The first kappa shape index (κ1) is 17.7. The fraction of sp³-hybridized carbons (Fsp3) is 0.611. The average molecular weight is 347 g/mol. The summed E-state index contributed by atoms with van der Waals surface area (Å²) in [7, 11) is 0. The van der Waals surface area contributed by atoms with Gasteiger partial charge in [-0.05, 0) is 31.9 Å². The predicted octanol–water partition coefficient (Wildman–Crippen LogP) is 1.49. The Hall–Kier alpha value is -2.15. The Balaban J connectivity index is 1.75. The number of hydrogen-bond acceptors (Lipinski definition) is 5. The lowest BCUT2D eigenvalue weighted by molar-refractivity contribution is -0.142. The van der Waals surface area contributed by atoms with Gasteiger partial charge in [0.15, 0.2) is 0 Å². The number of carboxylic acid groups (broad SMARTS) is 1. The van der Waals surface area contributed by atoms with Crippen molar-refractivity contribution in [2.45, 2.75) is 33.0 Å². The highest BCUT2D eigenvalue weighted by Crippen LogP contribution is 2.26. The molecular formula is C18H25N3O4. The van der Waals surface area contributed by atoms with Crippen molar-refractivity contribution < 1.29 is 19.4 Å². The second-order valence-electron chi connectivity index (χ2n) is 7.19. The van der Waals surface area contributed by atoms with E-state index in [4.69, 9.17) is 4.74 Å².